The summed E-state index contributed by atoms with van der Waals surface area (Å²) in [7, 11) is 0. The zero-order chi connectivity index (χ0) is 28.0. The molecule has 3 aromatic carbocycles. The van der Waals surface area contributed by atoms with Crippen molar-refractivity contribution in [3.8, 4) is 28.4 Å². The lowest BCUT2D eigenvalue weighted by atomic mass is 9.78. The molecule has 0 atom stereocenters. The van der Waals surface area contributed by atoms with Crippen LogP contribution in [0.5, 0.6) is 17.2 Å². The molecule has 3 aromatic rings. The lowest BCUT2D eigenvalue weighted by molar-refractivity contribution is -0.274. The number of rotatable bonds is 10. The first-order chi connectivity index (χ1) is 18.6. The first kappa shape index (κ1) is 28.9. The van der Waals surface area contributed by atoms with E-state index in [0.717, 1.165) is 48.4 Å². The van der Waals surface area contributed by atoms with Crippen molar-refractivity contribution in [3.05, 3.63) is 77.4 Å². The maximum absolute atomic E-state index is 14.7. The highest BCUT2D eigenvalue weighted by Gasteiger charge is 2.31. The highest BCUT2D eigenvalue weighted by Crippen LogP contribution is 2.38. The van der Waals surface area contributed by atoms with Gasteiger partial charge in [0.15, 0.2) is 11.6 Å². The summed E-state index contributed by atoms with van der Waals surface area (Å²) >= 11 is 0. The number of hydrogen-bond donors (Lipinski definition) is 0. The Balaban J connectivity index is 1.41. The van der Waals surface area contributed by atoms with Crippen molar-refractivity contribution in [1.29, 1.82) is 0 Å². The molecule has 1 aliphatic carbocycles. The Bertz CT molecular complexity index is 1210. The third kappa shape index (κ3) is 7.96. The van der Waals surface area contributed by atoms with Crippen molar-refractivity contribution in [1.82, 2.24) is 0 Å². The molecule has 0 amide bonds. The smallest absolute Gasteiger partial charge is 0.454 e. The van der Waals surface area contributed by atoms with Crippen molar-refractivity contribution >= 4 is 0 Å². The molecule has 2 nitrogen and oxygen atoms in total. The van der Waals surface area contributed by atoms with E-state index in [2.05, 4.69) is 11.7 Å². The number of halogens is 5. The summed E-state index contributed by atoms with van der Waals surface area (Å²) in [6.07, 6.45) is 6.59. The quantitative estimate of drug-likeness (QED) is 0.236. The average Bonchev–Trinajstić information content (AvgIpc) is 2.92. The van der Waals surface area contributed by atoms with Gasteiger partial charge in [0.2, 0.25) is 5.82 Å². The van der Waals surface area contributed by atoms with Crippen LogP contribution in [0, 0.1) is 30.4 Å². The number of benzene rings is 3. The Morgan fingerprint density at radius 2 is 1.41 bits per heavy atom. The van der Waals surface area contributed by atoms with Gasteiger partial charge in [0, 0.05) is 5.56 Å². The van der Waals surface area contributed by atoms with E-state index >= 15 is 0 Å². The van der Waals surface area contributed by atoms with E-state index < -0.39 is 23.7 Å². The topological polar surface area (TPSA) is 18.5 Å². The molecule has 0 aromatic heterocycles. The largest absolute Gasteiger partial charge is 0.573 e. The van der Waals surface area contributed by atoms with Gasteiger partial charge in [-0.2, -0.15) is 4.39 Å². The highest BCUT2D eigenvalue weighted by molar-refractivity contribution is 5.70. The van der Waals surface area contributed by atoms with Gasteiger partial charge in [-0.3, -0.25) is 0 Å². The lowest BCUT2D eigenvalue weighted by Gasteiger charge is -2.28. The van der Waals surface area contributed by atoms with Crippen molar-refractivity contribution in [2.24, 2.45) is 11.8 Å². The minimum absolute atomic E-state index is 0.0535. The van der Waals surface area contributed by atoms with Gasteiger partial charge in [0.05, 0.1) is 0 Å². The van der Waals surface area contributed by atoms with Gasteiger partial charge in [0.25, 0.3) is 0 Å². The van der Waals surface area contributed by atoms with E-state index in [0.29, 0.717) is 11.1 Å². The molecule has 0 N–H and O–H groups in total. The average molecular weight is 547 g/mol. The Morgan fingerprint density at radius 3 is 2.00 bits per heavy atom. The van der Waals surface area contributed by atoms with Gasteiger partial charge < -0.3 is 9.47 Å². The summed E-state index contributed by atoms with van der Waals surface area (Å²) in [5.74, 6) is -1.26. The molecule has 39 heavy (non-hydrogen) atoms. The Labute approximate surface area is 227 Å². The third-order valence-corrected chi connectivity index (χ3v) is 7.74. The second-order valence-electron chi connectivity index (χ2n) is 10.6. The minimum atomic E-state index is -4.83. The fourth-order valence-corrected chi connectivity index (χ4v) is 5.47. The first-order valence-electron chi connectivity index (χ1n) is 13.7. The molecular formula is C32H35F5O2. The normalized spacial score (nSPS) is 17.7. The zero-order valence-electron chi connectivity index (χ0n) is 22.4. The van der Waals surface area contributed by atoms with E-state index in [-0.39, 0.29) is 11.5 Å². The number of ether oxygens (including phenoxy) is 2. The maximum Gasteiger partial charge on any atom is 0.573 e. The summed E-state index contributed by atoms with van der Waals surface area (Å²) in [6.45, 7) is 3.87. The molecule has 7 heteroatoms. The summed E-state index contributed by atoms with van der Waals surface area (Å²) in [4.78, 5) is 0. The Morgan fingerprint density at radius 1 is 0.821 bits per heavy atom. The van der Waals surface area contributed by atoms with Gasteiger partial charge in [-0.25, -0.2) is 4.39 Å². The third-order valence-electron chi connectivity index (χ3n) is 7.74. The van der Waals surface area contributed by atoms with Gasteiger partial charge >= 0.3 is 6.36 Å². The molecular weight excluding hydrogens is 511 g/mol. The van der Waals surface area contributed by atoms with Crippen LogP contribution in [0.15, 0.2) is 54.6 Å². The standard InChI is InChI=1S/C32H35F5O2/c1-3-4-5-22-6-8-23(9-7-22)10-11-24-12-14-25(15-13-24)28-20-29(33)30(34)31(21(28)2)38-26-16-18-27(19-17-26)39-32(35,36)37/h12-20,22-23H,3-11H2,1-2H3/t22-,23-. The SMILES string of the molecule is CCCC[C@H]1CC[C@H](CCc2ccc(-c3cc(F)c(F)c(Oc4ccc(OC(F)(F)F)cc4)c3C)cc2)CC1. The van der Waals surface area contributed by atoms with Crippen LogP contribution in [-0.4, -0.2) is 6.36 Å². The number of hydrogen-bond acceptors (Lipinski definition) is 2. The van der Waals surface area contributed by atoms with Gasteiger partial charge in [-0.05, 0) is 78.6 Å². The van der Waals surface area contributed by atoms with Crippen LogP contribution >= 0.6 is 0 Å². The van der Waals surface area contributed by atoms with Crippen molar-refractivity contribution < 1.29 is 31.4 Å². The van der Waals surface area contributed by atoms with Crippen molar-refractivity contribution in [2.45, 2.75) is 78.0 Å². The molecule has 0 radical (unpaired) electrons. The maximum atomic E-state index is 14.7. The molecule has 0 saturated heterocycles. The predicted octanol–water partition coefficient (Wildman–Crippen LogP) is 10.6. The molecule has 1 aliphatic rings. The van der Waals surface area contributed by atoms with Gasteiger partial charge in [-0.1, -0.05) is 76.1 Å². The highest BCUT2D eigenvalue weighted by atomic mass is 19.4. The van der Waals surface area contributed by atoms with Crippen LogP contribution < -0.4 is 9.47 Å². The molecule has 0 heterocycles. The lowest BCUT2D eigenvalue weighted by Crippen LogP contribution is -2.16. The fraction of sp³-hybridized carbons (Fsp3) is 0.438. The van der Waals surface area contributed by atoms with E-state index in [1.54, 1.807) is 6.92 Å². The second kappa shape index (κ2) is 12.8. The monoisotopic (exact) mass is 546 g/mol. The fourth-order valence-electron chi connectivity index (χ4n) is 5.47. The van der Waals surface area contributed by atoms with Gasteiger partial charge in [-0.15, -0.1) is 13.2 Å². The molecule has 0 bridgehead atoms. The van der Waals surface area contributed by atoms with E-state index in [4.69, 9.17) is 4.74 Å². The first-order valence-corrected chi connectivity index (χ1v) is 13.7. The van der Waals surface area contributed by atoms with Crippen molar-refractivity contribution in [3.63, 3.8) is 0 Å². The number of alkyl halides is 3. The summed E-state index contributed by atoms with van der Waals surface area (Å²) in [5, 5.41) is 0. The van der Waals surface area contributed by atoms with Crippen LogP contribution in [0.25, 0.3) is 11.1 Å². The summed E-state index contributed by atoms with van der Waals surface area (Å²) < 4.78 is 75.9. The Hall–Kier alpha value is -3.09. The molecule has 210 valence electrons. The minimum Gasteiger partial charge on any atom is -0.454 e. The van der Waals surface area contributed by atoms with E-state index in [1.807, 2.05) is 24.3 Å². The van der Waals surface area contributed by atoms with Crippen LogP contribution in [0.1, 0.15) is 69.4 Å². The van der Waals surface area contributed by atoms with Crippen LogP contribution in [0.3, 0.4) is 0 Å². The van der Waals surface area contributed by atoms with E-state index in [9.17, 15) is 22.0 Å². The summed E-state index contributed by atoms with van der Waals surface area (Å²) in [5.41, 5.74) is 2.81. The molecule has 1 fully saturated rings. The van der Waals surface area contributed by atoms with Crippen molar-refractivity contribution in [2.75, 3.05) is 0 Å². The zero-order valence-corrected chi connectivity index (χ0v) is 22.4. The molecule has 0 aliphatic heterocycles. The summed E-state index contributed by atoms with van der Waals surface area (Å²) in [6, 6.07) is 13.5. The Kier molecular flexibility index (Phi) is 9.52. The van der Waals surface area contributed by atoms with Crippen LogP contribution in [0.4, 0.5) is 22.0 Å². The van der Waals surface area contributed by atoms with Crippen LogP contribution in [-0.2, 0) is 6.42 Å². The predicted molar refractivity (Wildman–Crippen MR) is 143 cm³/mol. The van der Waals surface area contributed by atoms with E-state index in [1.165, 1.54) is 62.6 Å². The molecule has 0 spiro atoms. The van der Waals surface area contributed by atoms with Crippen LogP contribution in [0.2, 0.25) is 0 Å². The molecule has 4 rings (SSSR count). The molecule has 0 unspecified atom stereocenters. The second-order valence-corrected chi connectivity index (χ2v) is 10.6. The molecule has 1 saturated carbocycles. The number of unbranched alkanes of at least 4 members (excludes halogenated alkanes) is 1. The number of aryl methyl sites for hydroxylation is 1. The van der Waals surface area contributed by atoms with Gasteiger partial charge in [0.1, 0.15) is 11.5 Å².